The largest absolute Gasteiger partial charge is 0.365 e. The van der Waals surface area contributed by atoms with Crippen molar-refractivity contribution in [2.45, 2.75) is 32.2 Å². The Labute approximate surface area is 152 Å². The highest BCUT2D eigenvalue weighted by molar-refractivity contribution is 7.12. The van der Waals surface area contributed by atoms with E-state index in [1.807, 2.05) is 34.5 Å². The molecule has 3 rings (SSSR count). The zero-order chi connectivity index (χ0) is 17.8. The molecule has 1 aromatic heterocycles. The number of primary amides is 1. The number of nitrogens with zero attached hydrogens (tertiary/aromatic N) is 1. The first kappa shape index (κ1) is 17.4. The summed E-state index contributed by atoms with van der Waals surface area (Å²) >= 11 is 1.33. The Hall–Kier alpha value is -2.40. The maximum Gasteiger partial charge on any atom is 0.258 e. The monoisotopic (exact) mass is 354 g/mol. The summed E-state index contributed by atoms with van der Waals surface area (Å²) in [6, 6.07) is 9.55. The summed E-state index contributed by atoms with van der Waals surface area (Å²) in [7, 11) is 0. The lowest BCUT2D eigenvalue weighted by Crippen LogP contribution is -2.36. The van der Waals surface area contributed by atoms with Gasteiger partial charge in [-0.15, -0.1) is 11.3 Å². The molecule has 130 valence electrons. The topological polar surface area (TPSA) is 63.4 Å². The number of hydrogen-bond donors (Lipinski definition) is 1. The third kappa shape index (κ3) is 3.82. The van der Waals surface area contributed by atoms with Gasteiger partial charge in [0.1, 0.15) is 0 Å². The van der Waals surface area contributed by atoms with Crippen LogP contribution >= 0.6 is 11.3 Å². The molecule has 1 atom stereocenters. The Balaban J connectivity index is 1.73. The van der Waals surface area contributed by atoms with Gasteiger partial charge in [-0.3, -0.25) is 9.59 Å². The van der Waals surface area contributed by atoms with Crippen LogP contribution in [0.25, 0.3) is 11.1 Å². The molecule has 0 fully saturated rings. The Morgan fingerprint density at radius 3 is 2.64 bits per heavy atom. The minimum Gasteiger partial charge on any atom is -0.365 e. The first-order chi connectivity index (χ1) is 12.1. The van der Waals surface area contributed by atoms with Crippen LogP contribution in [-0.4, -0.2) is 29.3 Å². The fourth-order valence-corrected chi connectivity index (χ4v) is 3.83. The molecule has 2 N–H and O–H groups in total. The first-order valence-corrected chi connectivity index (χ1v) is 9.44. The predicted molar refractivity (Wildman–Crippen MR) is 102 cm³/mol. The molecular formula is C20H22N2O2S. The fraction of sp³-hybridized carbons (Fsp3) is 0.300. The second kappa shape index (κ2) is 7.66. The van der Waals surface area contributed by atoms with Gasteiger partial charge >= 0.3 is 0 Å². The Bertz CT molecular complexity index is 792. The number of hydrogen-bond acceptors (Lipinski definition) is 3. The maximum atomic E-state index is 12.8. The molecule has 5 heteroatoms. The van der Waals surface area contributed by atoms with E-state index >= 15 is 0 Å². The molecule has 1 aromatic carbocycles. The number of carbonyl (C=O) groups is 2. The number of unbranched alkanes of at least 4 members (excludes halogenated alkanes) is 1. The number of rotatable bonds is 6. The summed E-state index contributed by atoms with van der Waals surface area (Å²) in [6.07, 6.45) is 7.48. The zero-order valence-corrected chi connectivity index (χ0v) is 15.1. The van der Waals surface area contributed by atoms with Crippen LogP contribution in [0.3, 0.4) is 0 Å². The molecule has 0 radical (unpaired) electrons. The van der Waals surface area contributed by atoms with Crippen LogP contribution in [-0.2, 0) is 0 Å². The van der Waals surface area contributed by atoms with Crippen molar-refractivity contribution < 1.29 is 9.59 Å². The lowest BCUT2D eigenvalue weighted by molar-refractivity contribution is 0.0743. The van der Waals surface area contributed by atoms with Crippen molar-refractivity contribution in [1.82, 2.24) is 4.90 Å². The van der Waals surface area contributed by atoms with Crippen molar-refractivity contribution >= 4 is 23.2 Å². The van der Waals surface area contributed by atoms with Crippen molar-refractivity contribution in [2.75, 3.05) is 6.54 Å². The van der Waals surface area contributed by atoms with Crippen molar-refractivity contribution in [1.29, 1.82) is 0 Å². The molecule has 25 heavy (non-hydrogen) atoms. The van der Waals surface area contributed by atoms with E-state index in [-0.39, 0.29) is 11.9 Å². The molecule has 1 aliphatic rings. The highest BCUT2D eigenvalue weighted by atomic mass is 32.1. The third-order valence-corrected chi connectivity index (χ3v) is 5.43. The van der Waals surface area contributed by atoms with Crippen LogP contribution in [0.15, 0.2) is 47.9 Å². The van der Waals surface area contributed by atoms with Gasteiger partial charge in [0, 0.05) is 12.1 Å². The standard InChI is InChI=1S/C20H22N2O2S/c1-2-3-5-17-6-4-11-22(17)20(24)15-9-7-14(8-10-15)16-12-18(19(21)23)25-13-16/h4,6-10,12-13,17H,2-3,5,11H2,1H3,(H2,21,23)/t17-/m1/s1. The molecule has 1 aliphatic heterocycles. The van der Waals surface area contributed by atoms with Gasteiger partial charge in [-0.25, -0.2) is 0 Å². The van der Waals surface area contributed by atoms with E-state index in [4.69, 9.17) is 5.73 Å². The molecule has 2 heterocycles. The normalized spacial score (nSPS) is 16.4. The molecule has 2 amide bonds. The van der Waals surface area contributed by atoms with Gasteiger partial charge < -0.3 is 10.6 Å². The maximum absolute atomic E-state index is 12.8. The summed E-state index contributed by atoms with van der Waals surface area (Å²) in [5.74, 6) is -0.344. The van der Waals surface area contributed by atoms with Crippen LogP contribution in [0.4, 0.5) is 0 Å². The minimum atomic E-state index is -0.414. The quantitative estimate of drug-likeness (QED) is 0.794. The molecule has 4 nitrogen and oxygen atoms in total. The van der Waals surface area contributed by atoms with Crippen LogP contribution in [0.5, 0.6) is 0 Å². The average Bonchev–Trinajstić information content (AvgIpc) is 3.29. The fourth-order valence-electron chi connectivity index (χ4n) is 3.06. The van der Waals surface area contributed by atoms with Crippen LogP contribution in [0.2, 0.25) is 0 Å². The lowest BCUT2D eigenvalue weighted by atomic mass is 10.0. The van der Waals surface area contributed by atoms with Gasteiger partial charge in [0.25, 0.3) is 11.8 Å². The SMILES string of the molecule is CCCC[C@@H]1C=CCN1C(=O)c1ccc(-c2csc(C(N)=O)c2)cc1. The van der Waals surface area contributed by atoms with Gasteiger partial charge in [0.15, 0.2) is 0 Å². The Morgan fingerprint density at radius 1 is 1.24 bits per heavy atom. The molecule has 0 aliphatic carbocycles. The highest BCUT2D eigenvalue weighted by Gasteiger charge is 2.25. The Kier molecular flexibility index (Phi) is 5.34. The van der Waals surface area contributed by atoms with Crippen LogP contribution < -0.4 is 5.73 Å². The summed E-state index contributed by atoms with van der Waals surface area (Å²) < 4.78 is 0. The van der Waals surface area contributed by atoms with Gasteiger partial charge in [0.2, 0.25) is 0 Å². The molecule has 0 unspecified atom stereocenters. The average molecular weight is 354 g/mol. The zero-order valence-electron chi connectivity index (χ0n) is 14.3. The second-order valence-corrected chi connectivity index (χ2v) is 7.15. The van der Waals surface area contributed by atoms with Crippen molar-refractivity contribution in [3.63, 3.8) is 0 Å². The summed E-state index contributed by atoms with van der Waals surface area (Å²) in [4.78, 5) is 26.5. The van der Waals surface area contributed by atoms with Gasteiger partial charge in [-0.1, -0.05) is 44.1 Å². The summed E-state index contributed by atoms with van der Waals surface area (Å²) in [6.45, 7) is 2.85. The van der Waals surface area contributed by atoms with E-state index in [1.165, 1.54) is 11.3 Å². The number of carbonyl (C=O) groups excluding carboxylic acids is 2. The summed E-state index contributed by atoms with van der Waals surface area (Å²) in [5.41, 5.74) is 7.92. The van der Waals surface area contributed by atoms with E-state index in [2.05, 4.69) is 19.1 Å². The predicted octanol–water partition coefficient (Wildman–Crippen LogP) is 4.08. The minimum absolute atomic E-state index is 0.0702. The lowest BCUT2D eigenvalue weighted by Gasteiger charge is -2.24. The van der Waals surface area contributed by atoms with E-state index < -0.39 is 5.91 Å². The van der Waals surface area contributed by atoms with Crippen molar-refractivity contribution in [3.05, 3.63) is 58.3 Å². The number of benzene rings is 1. The van der Waals surface area contributed by atoms with Crippen LogP contribution in [0.1, 0.15) is 46.2 Å². The number of nitrogens with two attached hydrogens (primary N) is 1. The molecule has 0 saturated carbocycles. The molecule has 0 saturated heterocycles. The number of amides is 2. The summed E-state index contributed by atoms with van der Waals surface area (Å²) in [5, 5.41) is 1.90. The van der Waals surface area contributed by atoms with E-state index in [9.17, 15) is 9.59 Å². The van der Waals surface area contributed by atoms with Gasteiger partial charge in [-0.05, 0) is 41.1 Å². The van der Waals surface area contributed by atoms with E-state index in [0.717, 1.165) is 30.4 Å². The molecular weight excluding hydrogens is 332 g/mol. The van der Waals surface area contributed by atoms with Crippen LogP contribution in [0, 0.1) is 0 Å². The highest BCUT2D eigenvalue weighted by Crippen LogP contribution is 2.26. The smallest absolute Gasteiger partial charge is 0.258 e. The van der Waals surface area contributed by atoms with E-state index in [1.54, 1.807) is 6.07 Å². The Morgan fingerprint density at radius 2 is 2.00 bits per heavy atom. The third-order valence-electron chi connectivity index (χ3n) is 4.48. The van der Waals surface area contributed by atoms with Gasteiger partial charge in [0.05, 0.1) is 10.9 Å². The molecule has 0 bridgehead atoms. The van der Waals surface area contributed by atoms with Crippen molar-refractivity contribution in [3.8, 4) is 11.1 Å². The van der Waals surface area contributed by atoms with Crippen molar-refractivity contribution in [2.24, 2.45) is 5.73 Å². The first-order valence-electron chi connectivity index (χ1n) is 8.56. The number of thiophene rings is 1. The van der Waals surface area contributed by atoms with Gasteiger partial charge in [-0.2, -0.15) is 0 Å². The second-order valence-electron chi connectivity index (χ2n) is 6.24. The van der Waals surface area contributed by atoms with E-state index in [0.29, 0.717) is 17.0 Å². The molecule has 0 spiro atoms. The molecule has 2 aromatic rings.